The number of carbonyl (C=O) groups excluding carboxylic acids is 1. The molecule has 102 valence electrons. The highest BCUT2D eigenvalue weighted by Crippen LogP contribution is 2.15. The van der Waals surface area contributed by atoms with Crippen LogP contribution in [0.2, 0.25) is 0 Å². The first kappa shape index (κ1) is 16.8. The summed E-state index contributed by atoms with van der Waals surface area (Å²) in [6.45, 7) is 10.6. The van der Waals surface area contributed by atoms with Gasteiger partial charge in [-0.2, -0.15) is 0 Å². The first-order valence-corrected chi connectivity index (χ1v) is 6.09. The predicted molar refractivity (Wildman–Crippen MR) is 74.3 cm³/mol. The molecule has 0 rings (SSSR count). The SMILES string of the molecule is C=CC(C)(O)CC/C=C(\C)C(O)C(=O)C=C(C)C. The van der Waals surface area contributed by atoms with E-state index >= 15 is 0 Å². The average Bonchev–Trinajstić information content (AvgIpc) is 2.26. The van der Waals surface area contributed by atoms with Gasteiger partial charge in [0.25, 0.3) is 0 Å². The van der Waals surface area contributed by atoms with Crippen LogP contribution in [0.25, 0.3) is 0 Å². The number of hydrogen-bond acceptors (Lipinski definition) is 3. The summed E-state index contributed by atoms with van der Waals surface area (Å²) >= 11 is 0. The first-order valence-electron chi connectivity index (χ1n) is 6.09. The molecule has 2 N–H and O–H groups in total. The molecule has 0 saturated heterocycles. The lowest BCUT2D eigenvalue weighted by Gasteiger charge is -2.17. The summed E-state index contributed by atoms with van der Waals surface area (Å²) in [6, 6.07) is 0. The van der Waals surface area contributed by atoms with Crippen molar-refractivity contribution in [3.63, 3.8) is 0 Å². The molecule has 0 heterocycles. The van der Waals surface area contributed by atoms with Crippen molar-refractivity contribution in [1.82, 2.24) is 0 Å². The molecule has 3 nitrogen and oxygen atoms in total. The molecule has 0 aromatic carbocycles. The molecule has 2 atom stereocenters. The van der Waals surface area contributed by atoms with Gasteiger partial charge in [-0.05, 0) is 52.2 Å². The highest BCUT2D eigenvalue weighted by molar-refractivity contribution is 5.95. The summed E-state index contributed by atoms with van der Waals surface area (Å²) < 4.78 is 0. The highest BCUT2D eigenvalue weighted by atomic mass is 16.3. The number of rotatable bonds is 7. The van der Waals surface area contributed by atoms with Gasteiger partial charge in [0.15, 0.2) is 5.78 Å². The van der Waals surface area contributed by atoms with Crippen LogP contribution in [0.5, 0.6) is 0 Å². The number of aliphatic hydroxyl groups excluding tert-OH is 1. The third-order valence-corrected chi connectivity index (χ3v) is 2.69. The van der Waals surface area contributed by atoms with E-state index in [1.165, 1.54) is 12.2 Å². The maximum absolute atomic E-state index is 11.6. The van der Waals surface area contributed by atoms with Gasteiger partial charge in [0.1, 0.15) is 6.10 Å². The summed E-state index contributed by atoms with van der Waals surface area (Å²) in [5.74, 6) is -0.306. The Morgan fingerprint density at radius 2 is 1.94 bits per heavy atom. The zero-order valence-corrected chi connectivity index (χ0v) is 11.7. The largest absolute Gasteiger partial charge is 0.386 e. The van der Waals surface area contributed by atoms with Crippen LogP contribution in [-0.4, -0.2) is 27.7 Å². The normalized spacial score (nSPS) is 16.7. The molecule has 0 bridgehead atoms. The topological polar surface area (TPSA) is 57.5 Å². The Morgan fingerprint density at radius 3 is 2.39 bits per heavy atom. The standard InChI is InChI=1S/C15H24O3/c1-6-15(5,18)9-7-8-12(4)14(17)13(16)10-11(2)3/h6,8,10,14,17-18H,1,7,9H2,2-5H3/b12-8+. The second kappa shape index (κ2) is 7.29. The summed E-state index contributed by atoms with van der Waals surface area (Å²) in [6.07, 6.45) is 4.71. The van der Waals surface area contributed by atoms with Gasteiger partial charge >= 0.3 is 0 Å². The molecule has 0 amide bonds. The molecular weight excluding hydrogens is 228 g/mol. The fourth-order valence-corrected chi connectivity index (χ4v) is 1.39. The number of ketones is 1. The van der Waals surface area contributed by atoms with Crippen molar-refractivity contribution >= 4 is 5.78 Å². The van der Waals surface area contributed by atoms with Gasteiger partial charge in [0.2, 0.25) is 0 Å². The monoisotopic (exact) mass is 252 g/mol. The van der Waals surface area contributed by atoms with Gasteiger partial charge in [-0.25, -0.2) is 0 Å². The minimum atomic E-state index is -1.09. The van der Waals surface area contributed by atoms with Crippen LogP contribution in [0.15, 0.2) is 36.0 Å². The molecule has 3 heteroatoms. The van der Waals surface area contributed by atoms with Crippen molar-refractivity contribution in [3.05, 3.63) is 36.0 Å². The van der Waals surface area contributed by atoms with Gasteiger partial charge < -0.3 is 10.2 Å². The third kappa shape index (κ3) is 6.52. The van der Waals surface area contributed by atoms with E-state index in [9.17, 15) is 15.0 Å². The molecule has 0 fully saturated rings. The number of carbonyl (C=O) groups is 1. The van der Waals surface area contributed by atoms with E-state index in [4.69, 9.17) is 0 Å². The Morgan fingerprint density at radius 1 is 1.39 bits per heavy atom. The zero-order valence-electron chi connectivity index (χ0n) is 11.7. The Labute approximate surface area is 110 Å². The van der Waals surface area contributed by atoms with Crippen molar-refractivity contribution in [2.75, 3.05) is 0 Å². The van der Waals surface area contributed by atoms with Crippen LogP contribution < -0.4 is 0 Å². The summed E-state index contributed by atoms with van der Waals surface area (Å²) in [4.78, 5) is 11.6. The summed E-state index contributed by atoms with van der Waals surface area (Å²) in [5.41, 5.74) is 0.560. The minimum absolute atomic E-state index is 0.306. The Kier molecular flexibility index (Phi) is 6.81. The first-order chi connectivity index (χ1) is 8.19. The Balaban J connectivity index is 4.47. The van der Waals surface area contributed by atoms with Crippen LogP contribution >= 0.6 is 0 Å². The molecule has 0 radical (unpaired) electrons. The van der Waals surface area contributed by atoms with E-state index in [2.05, 4.69) is 6.58 Å². The van der Waals surface area contributed by atoms with E-state index in [1.807, 2.05) is 13.8 Å². The predicted octanol–water partition coefficient (Wildman–Crippen LogP) is 2.55. The lowest BCUT2D eigenvalue weighted by molar-refractivity contribution is -0.120. The van der Waals surface area contributed by atoms with Gasteiger partial charge in [0.05, 0.1) is 5.60 Å². The molecule has 0 spiro atoms. The second-order valence-corrected chi connectivity index (χ2v) is 5.07. The fourth-order valence-electron chi connectivity index (χ4n) is 1.39. The van der Waals surface area contributed by atoms with E-state index in [1.54, 1.807) is 19.9 Å². The maximum atomic E-state index is 11.6. The van der Waals surface area contributed by atoms with E-state index < -0.39 is 11.7 Å². The highest BCUT2D eigenvalue weighted by Gasteiger charge is 2.16. The van der Waals surface area contributed by atoms with Crippen LogP contribution in [0, 0.1) is 0 Å². The van der Waals surface area contributed by atoms with Gasteiger partial charge in [-0.3, -0.25) is 4.79 Å². The van der Waals surface area contributed by atoms with Crippen molar-refractivity contribution in [2.45, 2.75) is 52.2 Å². The Bertz CT molecular complexity index is 358. The lowest BCUT2D eigenvalue weighted by atomic mass is 9.98. The van der Waals surface area contributed by atoms with Gasteiger partial charge in [0, 0.05) is 0 Å². The lowest BCUT2D eigenvalue weighted by Crippen LogP contribution is -2.21. The van der Waals surface area contributed by atoms with Crippen molar-refractivity contribution in [3.8, 4) is 0 Å². The zero-order chi connectivity index (χ0) is 14.3. The van der Waals surface area contributed by atoms with Crippen LogP contribution in [-0.2, 0) is 4.79 Å². The van der Waals surface area contributed by atoms with E-state index in [0.717, 1.165) is 5.57 Å². The molecular formula is C15H24O3. The molecule has 0 aliphatic rings. The van der Waals surface area contributed by atoms with Crippen molar-refractivity contribution in [2.24, 2.45) is 0 Å². The number of allylic oxidation sites excluding steroid dienone is 2. The van der Waals surface area contributed by atoms with Crippen molar-refractivity contribution in [1.29, 1.82) is 0 Å². The van der Waals surface area contributed by atoms with Gasteiger partial charge in [-0.15, -0.1) is 6.58 Å². The average molecular weight is 252 g/mol. The summed E-state index contributed by atoms with van der Waals surface area (Å²) in [5, 5.41) is 19.5. The molecule has 0 saturated carbocycles. The molecule has 0 aliphatic heterocycles. The number of hydrogen-bond donors (Lipinski definition) is 2. The van der Waals surface area contributed by atoms with Crippen molar-refractivity contribution < 1.29 is 15.0 Å². The fraction of sp³-hybridized carbons (Fsp3) is 0.533. The number of aliphatic hydroxyl groups is 2. The molecule has 0 aliphatic carbocycles. The van der Waals surface area contributed by atoms with E-state index in [-0.39, 0.29) is 5.78 Å². The second-order valence-electron chi connectivity index (χ2n) is 5.07. The quantitative estimate of drug-likeness (QED) is 0.541. The third-order valence-electron chi connectivity index (χ3n) is 2.69. The minimum Gasteiger partial charge on any atom is -0.386 e. The smallest absolute Gasteiger partial charge is 0.188 e. The van der Waals surface area contributed by atoms with Crippen LogP contribution in [0.4, 0.5) is 0 Å². The van der Waals surface area contributed by atoms with Crippen LogP contribution in [0.1, 0.15) is 40.5 Å². The van der Waals surface area contributed by atoms with Gasteiger partial charge in [-0.1, -0.05) is 17.7 Å². The maximum Gasteiger partial charge on any atom is 0.188 e. The van der Waals surface area contributed by atoms with E-state index in [0.29, 0.717) is 18.4 Å². The summed E-state index contributed by atoms with van der Waals surface area (Å²) in [7, 11) is 0. The Hall–Kier alpha value is -1.19. The van der Waals surface area contributed by atoms with Crippen LogP contribution in [0.3, 0.4) is 0 Å². The molecule has 18 heavy (non-hydrogen) atoms. The molecule has 0 aromatic rings. The molecule has 2 unspecified atom stereocenters. The molecule has 0 aromatic heterocycles.